The molecule has 1 aliphatic rings. The van der Waals surface area contributed by atoms with Crippen LogP contribution in [0.5, 0.6) is 0 Å². The van der Waals surface area contributed by atoms with Crippen LogP contribution in [-0.2, 0) is 22.4 Å². The van der Waals surface area contributed by atoms with Crippen LogP contribution in [-0.4, -0.2) is 28.2 Å². The molecule has 136 valence electrons. The molecule has 1 fully saturated rings. The van der Waals surface area contributed by atoms with E-state index in [9.17, 15) is 22.8 Å². The van der Waals surface area contributed by atoms with Gasteiger partial charge in [-0.25, -0.2) is 22.8 Å². The number of benzene rings is 1. The van der Waals surface area contributed by atoms with E-state index in [1.807, 2.05) is 0 Å². The summed E-state index contributed by atoms with van der Waals surface area (Å²) in [4.78, 5) is 23.4. The van der Waals surface area contributed by atoms with E-state index in [2.05, 4.69) is 0 Å². The maximum atomic E-state index is 14.5. The van der Waals surface area contributed by atoms with Gasteiger partial charge in [0.25, 0.3) is 0 Å². The number of rotatable bonds is 7. The first-order chi connectivity index (χ1) is 11.7. The lowest BCUT2D eigenvalue weighted by Gasteiger charge is -2.26. The predicted molar refractivity (Wildman–Crippen MR) is 83.9 cm³/mol. The maximum absolute atomic E-state index is 14.5. The van der Waals surface area contributed by atoms with Crippen LogP contribution in [0.4, 0.5) is 18.9 Å². The second kappa shape index (κ2) is 7.16. The van der Waals surface area contributed by atoms with E-state index in [1.165, 1.54) is 0 Å². The number of carboxylic acids is 2. The van der Waals surface area contributed by atoms with Crippen molar-refractivity contribution >= 4 is 17.6 Å². The van der Waals surface area contributed by atoms with Gasteiger partial charge >= 0.3 is 11.9 Å². The molecule has 0 amide bonds. The Bertz CT molecular complexity index is 741. The van der Waals surface area contributed by atoms with Crippen LogP contribution in [0.15, 0.2) is 11.8 Å². The fourth-order valence-corrected chi connectivity index (χ4v) is 2.81. The summed E-state index contributed by atoms with van der Waals surface area (Å²) in [5, 5.41) is 18.1. The average Bonchev–Trinajstić information content (AvgIpc) is 3.38. The molecule has 1 saturated carbocycles. The molecule has 0 aliphatic heterocycles. The van der Waals surface area contributed by atoms with Gasteiger partial charge < -0.3 is 15.1 Å². The summed E-state index contributed by atoms with van der Waals surface area (Å²) in [6.45, 7) is 3.23. The Balaban J connectivity index is 2.75. The first-order valence-corrected chi connectivity index (χ1v) is 7.89. The lowest BCUT2D eigenvalue weighted by Crippen LogP contribution is -2.26. The van der Waals surface area contributed by atoms with E-state index >= 15 is 0 Å². The third kappa shape index (κ3) is 3.47. The molecular formula is C17H18F3NO4. The standard InChI is InChI=1S/C17H18F3NO4/c1-3-9-10(4-2)15(14(20)13(19)12(9)18)21(8-5-6-8)7-11(16(22)23)17(24)25/h7-8H,3-6H2,1-2H3,(H,22,23)(H,24,25). The summed E-state index contributed by atoms with van der Waals surface area (Å²) in [5.74, 6) is -7.75. The summed E-state index contributed by atoms with van der Waals surface area (Å²) >= 11 is 0. The second-order valence-corrected chi connectivity index (χ2v) is 5.75. The SMILES string of the molecule is CCc1c(F)c(F)c(F)c(N(C=C(C(=O)O)C(=O)O)C2CC2)c1CC. The fourth-order valence-electron chi connectivity index (χ4n) is 2.81. The zero-order valence-corrected chi connectivity index (χ0v) is 13.8. The van der Waals surface area contributed by atoms with Gasteiger partial charge in [-0.1, -0.05) is 13.8 Å². The third-order valence-electron chi connectivity index (χ3n) is 4.14. The van der Waals surface area contributed by atoms with Crippen LogP contribution in [0, 0.1) is 17.5 Å². The van der Waals surface area contributed by atoms with E-state index in [1.54, 1.807) is 13.8 Å². The number of aliphatic carboxylic acids is 2. The molecule has 1 aromatic carbocycles. The normalized spacial score (nSPS) is 13.5. The van der Waals surface area contributed by atoms with E-state index < -0.39 is 35.0 Å². The molecule has 0 spiro atoms. The van der Waals surface area contributed by atoms with Crippen molar-refractivity contribution in [3.8, 4) is 0 Å². The zero-order valence-electron chi connectivity index (χ0n) is 13.8. The van der Waals surface area contributed by atoms with Gasteiger partial charge in [-0.05, 0) is 36.8 Å². The number of anilines is 1. The summed E-state index contributed by atoms with van der Waals surface area (Å²) in [6.07, 6.45) is 2.21. The Morgan fingerprint density at radius 2 is 1.52 bits per heavy atom. The largest absolute Gasteiger partial charge is 0.477 e. The van der Waals surface area contributed by atoms with E-state index in [4.69, 9.17) is 10.2 Å². The molecule has 25 heavy (non-hydrogen) atoms. The van der Waals surface area contributed by atoms with Crippen molar-refractivity contribution < 1.29 is 33.0 Å². The first kappa shape index (κ1) is 18.8. The molecule has 8 heteroatoms. The number of hydrogen-bond acceptors (Lipinski definition) is 3. The van der Waals surface area contributed by atoms with Gasteiger partial charge in [0.1, 0.15) is 0 Å². The van der Waals surface area contributed by atoms with Crippen LogP contribution in [0.1, 0.15) is 37.8 Å². The van der Waals surface area contributed by atoms with Crippen LogP contribution in [0.2, 0.25) is 0 Å². The first-order valence-electron chi connectivity index (χ1n) is 7.89. The molecule has 1 aliphatic carbocycles. The summed E-state index contributed by atoms with van der Waals surface area (Å²) in [6, 6.07) is -0.358. The summed E-state index contributed by atoms with van der Waals surface area (Å²) in [7, 11) is 0. The number of carboxylic acid groups (broad SMARTS) is 2. The quantitative estimate of drug-likeness (QED) is 0.339. The predicted octanol–water partition coefficient (Wildman–Crippen LogP) is 3.25. The van der Waals surface area contributed by atoms with Crippen molar-refractivity contribution in [1.82, 2.24) is 0 Å². The molecule has 0 unspecified atom stereocenters. The minimum atomic E-state index is -1.70. The van der Waals surface area contributed by atoms with Gasteiger partial charge in [0, 0.05) is 12.2 Å². The van der Waals surface area contributed by atoms with Crippen molar-refractivity contribution in [2.45, 2.75) is 45.6 Å². The van der Waals surface area contributed by atoms with Gasteiger partial charge in [0.15, 0.2) is 23.0 Å². The number of halogens is 3. The van der Waals surface area contributed by atoms with Gasteiger partial charge in [0.05, 0.1) is 5.69 Å². The molecule has 2 rings (SSSR count). The van der Waals surface area contributed by atoms with Crippen LogP contribution in [0.25, 0.3) is 0 Å². The van der Waals surface area contributed by atoms with E-state index in [0.717, 1.165) is 11.1 Å². The number of nitrogens with zero attached hydrogens (tertiary/aromatic N) is 1. The lowest BCUT2D eigenvalue weighted by atomic mass is 9.98. The average molecular weight is 357 g/mol. The molecule has 0 heterocycles. The van der Waals surface area contributed by atoms with Crippen LogP contribution >= 0.6 is 0 Å². The highest BCUT2D eigenvalue weighted by Gasteiger charge is 2.35. The zero-order chi connectivity index (χ0) is 18.9. The lowest BCUT2D eigenvalue weighted by molar-refractivity contribution is -0.140. The Kier molecular flexibility index (Phi) is 5.39. The summed E-state index contributed by atoms with van der Waals surface area (Å²) in [5.41, 5.74) is -1.06. The second-order valence-electron chi connectivity index (χ2n) is 5.75. The van der Waals surface area contributed by atoms with Gasteiger partial charge in [-0.3, -0.25) is 0 Å². The maximum Gasteiger partial charge on any atom is 0.344 e. The Morgan fingerprint density at radius 1 is 1.00 bits per heavy atom. The topological polar surface area (TPSA) is 77.8 Å². The third-order valence-corrected chi connectivity index (χ3v) is 4.14. The fraction of sp³-hybridized carbons (Fsp3) is 0.412. The molecule has 5 nitrogen and oxygen atoms in total. The van der Waals surface area contributed by atoms with Crippen molar-refractivity contribution in [2.24, 2.45) is 0 Å². The Hall–Kier alpha value is -2.51. The molecule has 1 aromatic rings. The van der Waals surface area contributed by atoms with Gasteiger partial charge in [0.2, 0.25) is 0 Å². The minimum Gasteiger partial charge on any atom is -0.477 e. The highest BCUT2D eigenvalue weighted by Crippen LogP contribution is 2.39. The monoisotopic (exact) mass is 357 g/mol. The summed E-state index contributed by atoms with van der Waals surface area (Å²) < 4.78 is 42.6. The van der Waals surface area contributed by atoms with Crippen molar-refractivity contribution in [3.63, 3.8) is 0 Å². The van der Waals surface area contributed by atoms with Crippen molar-refractivity contribution in [1.29, 1.82) is 0 Å². The van der Waals surface area contributed by atoms with Crippen molar-refractivity contribution in [2.75, 3.05) is 4.90 Å². The molecule has 0 atom stereocenters. The Labute approximate surface area is 142 Å². The highest BCUT2D eigenvalue weighted by molar-refractivity contribution is 6.12. The van der Waals surface area contributed by atoms with Crippen LogP contribution < -0.4 is 4.90 Å². The molecule has 0 saturated heterocycles. The van der Waals surface area contributed by atoms with Crippen LogP contribution in [0.3, 0.4) is 0 Å². The molecule has 0 bridgehead atoms. The minimum absolute atomic E-state index is 0.00245. The molecular weight excluding hydrogens is 339 g/mol. The number of carbonyl (C=O) groups is 2. The van der Waals surface area contributed by atoms with E-state index in [0.29, 0.717) is 12.8 Å². The molecule has 2 N–H and O–H groups in total. The van der Waals surface area contributed by atoms with Crippen molar-refractivity contribution in [3.05, 3.63) is 40.4 Å². The Morgan fingerprint density at radius 3 is 1.92 bits per heavy atom. The van der Waals surface area contributed by atoms with Gasteiger partial charge in [-0.15, -0.1) is 0 Å². The molecule has 0 radical (unpaired) electrons. The number of hydrogen-bond donors (Lipinski definition) is 2. The highest BCUT2D eigenvalue weighted by atomic mass is 19.2. The van der Waals surface area contributed by atoms with Gasteiger partial charge in [-0.2, -0.15) is 0 Å². The molecule has 0 aromatic heterocycles. The van der Waals surface area contributed by atoms with E-state index in [-0.39, 0.29) is 35.7 Å². The smallest absolute Gasteiger partial charge is 0.344 e.